The van der Waals surface area contributed by atoms with Crippen LogP contribution in [0.5, 0.6) is 5.75 Å². The number of pyridine rings is 2. The minimum atomic E-state index is 0.490. The highest BCUT2D eigenvalue weighted by molar-refractivity contribution is 5.29. The van der Waals surface area contributed by atoms with E-state index in [4.69, 9.17) is 9.47 Å². The lowest BCUT2D eigenvalue weighted by atomic mass is 10.2. The highest BCUT2D eigenvalue weighted by atomic mass is 16.5. The number of hydrogen-bond donors (Lipinski definition) is 1. The van der Waals surface area contributed by atoms with Crippen molar-refractivity contribution in [3.8, 4) is 5.75 Å². The third-order valence-electron chi connectivity index (χ3n) is 2.96. The summed E-state index contributed by atoms with van der Waals surface area (Å²) < 4.78 is 10.9. The van der Waals surface area contributed by atoms with Crippen LogP contribution in [0.4, 0.5) is 0 Å². The maximum Gasteiger partial charge on any atom is 0.142 e. The Kier molecular flexibility index (Phi) is 6.12. The smallest absolute Gasteiger partial charge is 0.142 e. The van der Waals surface area contributed by atoms with E-state index in [1.807, 2.05) is 31.2 Å². The predicted molar refractivity (Wildman–Crippen MR) is 81.1 cm³/mol. The fraction of sp³-hybridized carbons (Fsp3) is 0.375. The molecule has 0 aliphatic heterocycles. The molecule has 5 nitrogen and oxygen atoms in total. The molecule has 0 atom stereocenters. The third-order valence-corrected chi connectivity index (χ3v) is 2.96. The number of ether oxygens (including phenoxy) is 2. The zero-order valence-electron chi connectivity index (χ0n) is 12.5. The first-order valence-electron chi connectivity index (χ1n) is 6.97. The Hall–Kier alpha value is -1.98. The van der Waals surface area contributed by atoms with Crippen molar-refractivity contribution in [1.82, 2.24) is 15.3 Å². The van der Waals surface area contributed by atoms with E-state index < -0.39 is 0 Å². The molecular weight excluding hydrogens is 266 g/mol. The van der Waals surface area contributed by atoms with Crippen molar-refractivity contribution in [2.75, 3.05) is 20.3 Å². The Morgan fingerprint density at radius 2 is 2.14 bits per heavy atom. The fourth-order valence-electron chi connectivity index (χ4n) is 1.88. The number of nitrogens with zero attached hydrogens (tertiary/aromatic N) is 2. The Balaban J connectivity index is 1.97. The molecule has 0 amide bonds. The van der Waals surface area contributed by atoms with Crippen LogP contribution in [0.15, 0.2) is 36.7 Å². The summed E-state index contributed by atoms with van der Waals surface area (Å²) in [5, 5.41) is 3.29. The van der Waals surface area contributed by atoms with E-state index in [-0.39, 0.29) is 0 Å². The van der Waals surface area contributed by atoms with Gasteiger partial charge in [-0.2, -0.15) is 0 Å². The Morgan fingerprint density at radius 1 is 1.24 bits per heavy atom. The quantitative estimate of drug-likeness (QED) is 0.754. The molecule has 2 aromatic heterocycles. The topological polar surface area (TPSA) is 56.3 Å². The number of nitrogens with one attached hydrogen (secondary N) is 1. The molecule has 0 spiro atoms. The van der Waals surface area contributed by atoms with Crippen molar-refractivity contribution < 1.29 is 9.47 Å². The Bertz CT molecular complexity index is 546. The van der Waals surface area contributed by atoms with Crippen LogP contribution in [0, 0.1) is 6.92 Å². The van der Waals surface area contributed by atoms with Gasteiger partial charge < -0.3 is 14.8 Å². The molecule has 0 aliphatic carbocycles. The molecule has 1 N–H and O–H groups in total. The summed E-state index contributed by atoms with van der Waals surface area (Å²) >= 11 is 0. The fourth-order valence-corrected chi connectivity index (χ4v) is 1.88. The number of aromatic nitrogens is 2. The van der Waals surface area contributed by atoms with Crippen LogP contribution in [0.1, 0.15) is 17.0 Å². The van der Waals surface area contributed by atoms with Gasteiger partial charge in [0, 0.05) is 43.9 Å². The van der Waals surface area contributed by atoms with Gasteiger partial charge in [0.05, 0.1) is 12.3 Å². The van der Waals surface area contributed by atoms with Crippen molar-refractivity contribution in [3.05, 3.63) is 53.6 Å². The molecule has 0 saturated carbocycles. The van der Waals surface area contributed by atoms with Crippen LogP contribution in [-0.4, -0.2) is 30.2 Å². The van der Waals surface area contributed by atoms with E-state index in [9.17, 15) is 0 Å². The molecule has 2 rings (SSSR count). The molecule has 2 aromatic rings. The minimum Gasteiger partial charge on any atom is -0.487 e. The number of rotatable bonds is 8. The first-order chi connectivity index (χ1) is 10.3. The average molecular weight is 287 g/mol. The molecule has 0 aromatic carbocycles. The van der Waals surface area contributed by atoms with Gasteiger partial charge in [-0.1, -0.05) is 6.07 Å². The number of methoxy groups -OCH3 is 1. The van der Waals surface area contributed by atoms with Gasteiger partial charge in [-0.05, 0) is 25.1 Å². The summed E-state index contributed by atoms with van der Waals surface area (Å²) in [5.41, 5.74) is 2.93. The third kappa shape index (κ3) is 5.13. The van der Waals surface area contributed by atoms with E-state index in [2.05, 4.69) is 15.3 Å². The SMILES string of the molecule is COCCNCc1nc(C)ccc1OCc1cccnc1. The van der Waals surface area contributed by atoms with E-state index in [1.54, 1.807) is 19.5 Å². The van der Waals surface area contributed by atoms with E-state index >= 15 is 0 Å². The molecule has 5 heteroatoms. The van der Waals surface area contributed by atoms with Gasteiger partial charge in [0.15, 0.2) is 0 Å². The van der Waals surface area contributed by atoms with Gasteiger partial charge in [-0.3, -0.25) is 9.97 Å². The standard InChI is InChI=1S/C16H21N3O2/c1-13-5-6-16(15(19-13)11-18-8-9-20-2)21-12-14-4-3-7-17-10-14/h3-7,10,18H,8-9,11-12H2,1-2H3. The van der Waals surface area contributed by atoms with Crippen molar-refractivity contribution >= 4 is 0 Å². The molecule has 0 unspecified atom stereocenters. The zero-order chi connectivity index (χ0) is 14.9. The first-order valence-corrected chi connectivity index (χ1v) is 6.97. The average Bonchev–Trinajstić information content (AvgIpc) is 2.52. The van der Waals surface area contributed by atoms with E-state index in [1.165, 1.54) is 0 Å². The molecule has 0 fully saturated rings. The van der Waals surface area contributed by atoms with Crippen molar-refractivity contribution in [1.29, 1.82) is 0 Å². The Morgan fingerprint density at radius 3 is 2.90 bits per heavy atom. The lowest BCUT2D eigenvalue weighted by Gasteiger charge is -2.12. The summed E-state index contributed by atoms with van der Waals surface area (Å²) in [6.45, 7) is 4.59. The Labute approximate surface area is 125 Å². The van der Waals surface area contributed by atoms with Gasteiger partial charge >= 0.3 is 0 Å². The highest BCUT2D eigenvalue weighted by Crippen LogP contribution is 2.18. The first kappa shape index (κ1) is 15.4. The summed E-state index contributed by atoms with van der Waals surface area (Å²) in [4.78, 5) is 8.62. The van der Waals surface area contributed by atoms with Crippen LogP contribution in [0.25, 0.3) is 0 Å². The van der Waals surface area contributed by atoms with Gasteiger partial charge in [0.2, 0.25) is 0 Å². The molecule has 112 valence electrons. The molecule has 2 heterocycles. The summed E-state index contributed by atoms with van der Waals surface area (Å²) in [7, 11) is 1.69. The second-order valence-corrected chi connectivity index (χ2v) is 4.72. The maximum absolute atomic E-state index is 5.86. The van der Waals surface area contributed by atoms with E-state index in [0.717, 1.165) is 29.2 Å². The highest BCUT2D eigenvalue weighted by Gasteiger charge is 2.06. The molecule has 0 radical (unpaired) electrons. The molecule has 0 aliphatic rings. The van der Waals surface area contributed by atoms with Crippen LogP contribution in [0.3, 0.4) is 0 Å². The molecular formula is C16H21N3O2. The summed E-state index contributed by atoms with van der Waals surface area (Å²) in [5.74, 6) is 0.800. The van der Waals surface area contributed by atoms with Gasteiger partial charge in [-0.15, -0.1) is 0 Å². The minimum absolute atomic E-state index is 0.490. The number of aryl methyl sites for hydroxylation is 1. The van der Waals surface area contributed by atoms with Gasteiger partial charge in [0.1, 0.15) is 12.4 Å². The second kappa shape index (κ2) is 8.34. The second-order valence-electron chi connectivity index (χ2n) is 4.72. The van der Waals surface area contributed by atoms with Gasteiger partial charge in [-0.25, -0.2) is 0 Å². The molecule has 0 saturated heterocycles. The monoisotopic (exact) mass is 287 g/mol. The van der Waals surface area contributed by atoms with E-state index in [0.29, 0.717) is 19.8 Å². The summed E-state index contributed by atoms with van der Waals surface area (Å²) in [6.07, 6.45) is 3.56. The van der Waals surface area contributed by atoms with Crippen LogP contribution in [-0.2, 0) is 17.9 Å². The van der Waals surface area contributed by atoms with Crippen molar-refractivity contribution in [3.63, 3.8) is 0 Å². The number of hydrogen-bond acceptors (Lipinski definition) is 5. The largest absolute Gasteiger partial charge is 0.487 e. The lowest BCUT2D eigenvalue weighted by Crippen LogP contribution is -2.20. The van der Waals surface area contributed by atoms with Crippen LogP contribution >= 0.6 is 0 Å². The van der Waals surface area contributed by atoms with Crippen molar-refractivity contribution in [2.45, 2.75) is 20.1 Å². The maximum atomic E-state index is 5.86. The van der Waals surface area contributed by atoms with Crippen LogP contribution in [0.2, 0.25) is 0 Å². The van der Waals surface area contributed by atoms with Crippen molar-refractivity contribution in [2.24, 2.45) is 0 Å². The normalized spacial score (nSPS) is 10.6. The summed E-state index contributed by atoms with van der Waals surface area (Å²) in [6, 6.07) is 7.81. The molecule has 0 bridgehead atoms. The zero-order valence-corrected chi connectivity index (χ0v) is 12.5. The van der Waals surface area contributed by atoms with Crippen LogP contribution < -0.4 is 10.1 Å². The lowest BCUT2D eigenvalue weighted by molar-refractivity contribution is 0.198. The van der Waals surface area contributed by atoms with Gasteiger partial charge in [0.25, 0.3) is 0 Å². The molecule has 21 heavy (non-hydrogen) atoms. The predicted octanol–water partition coefficient (Wildman–Crippen LogP) is 2.10.